The molecule has 1 amide bonds. The van der Waals surface area contributed by atoms with Gasteiger partial charge in [-0.15, -0.1) is 0 Å². The van der Waals surface area contributed by atoms with Gasteiger partial charge in [-0.2, -0.15) is 10.4 Å². The molecule has 4 rings (SSSR count). The molecule has 1 aromatic heterocycles. The van der Waals surface area contributed by atoms with Crippen LogP contribution in [0.15, 0.2) is 29.1 Å². The van der Waals surface area contributed by atoms with E-state index < -0.39 is 6.04 Å². The van der Waals surface area contributed by atoms with E-state index in [4.69, 9.17) is 0 Å². The van der Waals surface area contributed by atoms with Gasteiger partial charge in [0.2, 0.25) is 5.91 Å². The summed E-state index contributed by atoms with van der Waals surface area (Å²) in [5.74, 6) is 0.557. The number of hydrogen-bond donors (Lipinski definition) is 0. The largest absolute Gasteiger partial charge is 0.346 e. The van der Waals surface area contributed by atoms with Crippen molar-refractivity contribution in [3.8, 4) is 6.07 Å². The van der Waals surface area contributed by atoms with Gasteiger partial charge in [0.15, 0.2) is 0 Å². The number of nitrogens with zero attached hydrogens (tertiary/aromatic N) is 5. The molecule has 1 saturated heterocycles. The van der Waals surface area contributed by atoms with Crippen LogP contribution in [0, 0.1) is 18.3 Å². The maximum Gasteiger partial charge on any atom is 0.346 e. The van der Waals surface area contributed by atoms with Gasteiger partial charge in [-0.1, -0.05) is 29.8 Å². The van der Waals surface area contributed by atoms with Crippen LogP contribution in [0.5, 0.6) is 0 Å². The fourth-order valence-corrected chi connectivity index (χ4v) is 4.09. The second-order valence-electron chi connectivity index (χ2n) is 7.44. The lowest BCUT2D eigenvalue weighted by Crippen LogP contribution is -2.44. The second-order valence-corrected chi connectivity index (χ2v) is 7.44. The van der Waals surface area contributed by atoms with Crippen LogP contribution in [0.2, 0.25) is 0 Å². The second kappa shape index (κ2) is 7.03. The topological polar surface area (TPSA) is 83.9 Å². The highest BCUT2D eigenvalue weighted by molar-refractivity contribution is 5.81. The van der Waals surface area contributed by atoms with Gasteiger partial charge in [0.05, 0.1) is 12.6 Å². The van der Waals surface area contributed by atoms with E-state index in [-0.39, 0.29) is 17.6 Å². The van der Waals surface area contributed by atoms with Crippen LogP contribution >= 0.6 is 0 Å². The predicted octanol–water partition coefficient (Wildman–Crippen LogP) is 1.79. The molecular formula is C20H23N5O2. The van der Waals surface area contributed by atoms with Gasteiger partial charge in [0.25, 0.3) is 0 Å². The van der Waals surface area contributed by atoms with Crippen LogP contribution in [0.4, 0.5) is 0 Å². The molecule has 140 valence electrons. The average molecular weight is 365 g/mol. The first-order valence-electron chi connectivity index (χ1n) is 9.52. The first-order chi connectivity index (χ1) is 13.1. The third kappa shape index (κ3) is 3.16. The fourth-order valence-electron chi connectivity index (χ4n) is 4.09. The third-order valence-electron chi connectivity index (χ3n) is 5.55. The van der Waals surface area contributed by atoms with Gasteiger partial charge in [0.1, 0.15) is 17.9 Å². The van der Waals surface area contributed by atoms with Crippen LogP contribution in [-0.2, 0) is 17.8 Å². The van der Waals surface area contributed by atoms with E-state index in [2.05, 4.69) is 11.2 Å². The molecule has 2 aromatic rings. The van der Waals surface area contributed by atoms with E-state index in [9.17, 15) is 14.9 Å². The van der Waals surface area contributed by atoms with Crippen molar-refractivity contribution in [2.75, 3.05) is 6.54 Å². The molecule has 3 heterocycles. The summed E-state index contributed by atoms with van der Waals surface area (Å²) in [4.78, 5) is 27.7. The van der Waals surface area contributed by atoms with E-state index in [1.165, 1.54) is 10.2 Å². The highest BCUT2D eigenvalue weighted by Crippen LogP contribution is 2.27. The Morgan fingerprint density at radius 1 is 1.26 bits per heavy atom. The molecule has 0 saturated carbocycles. The molecule has 0 radical (unpaired) electrons. The van der Waals surface area contributed by atoms with Crippen LogP contribution in [-0.4, -0.2) is 37.7 Å². The van der Waals surface area contributed by atoms with Crippen molar-refractivity contribution in [2.24, 2.45) is 0 Å². The summed E-state index contributed by atoms with van der Waals surface area (Å²) < 4.78 is 3.02. The zero-order valence-corrected chi connectivity index (χ0v) is 15.5. The Balaban J connectivity index is 1.64. The Bertz CT molecular complexity index is 950. The molecule has 0 spiro atoms. The summed E-state index contributed by atoms with van der Waals surface area (Å²) in [6.07, 6.45) is 3.69. The number of aromatic nitrogens is 3. The van der Waals surface area contributed by atoms with Crippen LogP contribution in [0.3, 0.4) is 0 Å². The minimum Gasteiger partial charge on any atom is -0.325 e. The molecule has 1 unspecified atom stereocenters. The van der Waals surface area contributed by atoms with Crippen molar-refractivity contribution in [3.63, 3.8) is 0 Å². The lowest BCUT2D eigenvalue weighted by atomic mass is 10.0. The monoisotopic (exact) mass is 365 g/mol. The first-order valence-corrected chi connectivity index (χ1v) is 9.52. The molecule has 27 heavy (non-hydrogen) atoms. The Kier molecular flexibility index (Phi) is 4.56. The third-order valence-corrected chi connectivity index (χ3v) is 5.55. The van der Waals surface area contributed by atoms with E-state index in [1.807, 2.05) is 31.2 Å². The molecule has 1 aromatic carbocycles. The fraction of sp³-hybridized carbons (Fsp3) is 0.500. The van der Waals surface area contributed by atoms with Crippen molar-refractivity contribution < 1.29 is 4.79 Å². The molecule has 7 heteroatoms. The zero-order valence-electron chi connectivity index (χ0n) is 15.5. The number of fused-ring (bicyclic) bond motifs is 1. The number of carbonyl (C=O) groups excluding carboxylic acids is 1. The van der Waals surface area contributed by atoms with Crippen LogP contribution < -0.4 is 5.69 Å². The van der Waals surface area contributed by atoms with Gasteiger partial charge in [-0.05, 0) is 38.2 Å². The van der Waals surface area contributed by atoms with Gasteiger partial charge >= 0.3 is 5.69 Å². The number of carbonyl (C=O) groups is 1. The van der Waals surface area contributed by atoms with Crippen LogP contribution in [0.25, 0.3) is 0 Å². The number of benzene rings is 1. The van der Waals surface area contributed by atoms with E-state index in [0.717, 1.165) is 18.4 Å². The first kappa shape index (κ1) is 17.5. The molecule has 0 N–H and O–H groups in total. The Labute approximate surface area is 157 Å². The lowest BCUT2D eigenvalue weighted by molar-refractivity contribution is -0.135. The maximum absolute atomic E-state index is 13.1. The normalized spacial score (nSPS) is 21.7. The molecule has 2 aliphatic heterocycles. The summed E-state index contributed by atoms with van der Waals surface area (Å²) in [6, 6.07) is 9.30. The molecule has 0 aliphatic carbocycles. The quantitative estimate of drug-likeness (QED) is 0.830. The molecule has 1 fully saturated rings. The molecule has 0 bridgehead atoms. The number of likely N-dealkylation sites (tertiary alicyclic amines) is 1. The minimum absolute atomic E-state index is 0.114. The average Bonchev–Trinajstić information content (AvgIpc) is 3.28. The number of amides is 1. The van der Waals surface area contributed by atoms with Gasteiger partial charge < -0.3 is 4.90 Å². The molecule has 2 aliphatic rings. The predicted molar refractivity (Wildman–Crippen MR) is 99.1 cm³/mol. The number of hydrogen-bond acceptors (Lipinski definition) is 4. The molecular weight excluding hydrogens is 342 g/mol. The van der Waals surface area contributed by atoms with Crippen molar-refractivity contribution in [3.05, 3.63) is 51.7 Å². The highest BCUT2D eigenvalue weighted by Gasteiger charge is 2.37. The summed E-state index contributed by atoms with van der Waals surface area (Å²) in [7, 11) is 0. The standard InChI is InChI=1S/C20H23N5O2/c1-14-7-9-15(10-8-14)13-24-20(27)25-17(5-2-6-18(25)22-24)19(26)23-11-3-4-16(23)12-21/h7-10,16-17H,2-6,11,13H2,1H3/t16-,17?/m0/s1. The van der Waals surface area contributed by atoms with Crippen molar-refractivity contribution in [1.82, 2.24) is 19.2 Å². The summed E-state index contributed by atoms with van der Waals surface area (Å²) in [5.41, 5.74) is 1.93. The Morgan fingerprint density at radius 3 is 2.78 bits per heavy atom. The maximum atomic E-state index is 13.1. The highest BCUT2D eigenvalue weighted by atomic mass is 16.2. The summed E-state index contributed by atoms with van der Waals surface area (Å²) in [5, 5.41) is 13.8. The number of nitriles is 1. The number of rotatable bonds is 3. The van der Waals surface area contributed by atoms with Gasteiger partial charge in [-0.25, -0.2) is 9.48 Å². The summed E-state index contributed by atoms with van der Waals surface area (Å²) in [6.45, 7) is 3.01. The van der Waals surface area contributed by atoms with Crippen molar-refractivity contribution in [1.29, 1.82) is 5.26 Å². The van der Waals surface area contributed by atoms with E-state index in [0.29, 0.717) is 38.2 Å². The van der Waals surface area contributed by atoms with Gasteiger partial charge in [0, 0.05) is 13.0 Å². The smallest absolute Gasteiger partial charge is 0.325 e. The number of aryl methyl sites for hydroxylation is 2. The lowest BCUT2D eigenvalue weighted by Gasteiger charge is -2.28. The van der Waals surface area contributed by atoms with E-state index >= 15 is 0 Å². The zero-order chi connectivity index (χ0) is 19.0. The molecule has 7 nitrogen and oxygen atoms in total. The SMILES string of the molecule is Cc1ccc(Cn2nc3n(c2=O)C(C(=O)N2CCC[C@H]2C#N)CCC3)cc1. The Morgan fingerprint density at radius 2 is 2.04 bits per heavy atom. The van der Waals surface area contributed by atoms with Crippen LogP contribution in [0.1, 0.15) is 48.7 Å². The molecule has 2 atom stereocenters. The minimum atomic E-state index is -0.540. The van der Waals surface area contributed by atoms with E-state index in [1.54, 1.807) is 9.47 Å². The van der Waals surface area contributed by atoms with Gasteiger partial charge in [-0.3, -0.25) is 9.36 Å². The van der Waals surface area contributed by atoms with Crippen molar-refractivity contribution in [2.45, 2.75) is 57.7 Å². The Hall–Kier alpha value is -2.88. The summed E-state index contributed by atoms with van der Waals surface area (Å²) >= 11 is 0. The van der Waals surface area contributed by atoms with Crippen molar-refractivity contribution >= 4 is 5.91 Å².